The molecular weight excluding hydrogens is 768 g/mol. The predicted octanol–water partition coefficient (Wildman–Crippen LogP) is -1.01. The van der Waals surface area contributed by atoms with Crippen LogP contribution in [0.3, 0.4) is 0 Å². The van der Waals surface area contributed by atoms with Crippen LogP contribution in [0.25, 0.3) is 0 Å². The van der Waals surface area contributed by atoms with Crippen LogP contribution in [-0.2, 0) is 49.6 Å². The lowest BCUT2D eigenvalue weighted by Gasteiger charge is -2.38. The van der Waals surface area contributed by atoms with Crippen molar-refractivity contribution in [2.24, 2.45) is 17.6 Å². The highest BCUT2D eigenvalue weighted by Gasteiger charge is 2.48. The zero-order valence-corrected chi connectivity index (χ0v) is 32.8. The summed E-state index contributed by atoms with van der Waals surface area (Å²) in [5.41, 5.74) is 5.37. The number of likely N-dealkylation sites (tertiary alicyclic amines) is 1. The van der Waals surface area contributed by atoms with E-state index in [0.29, 0.717) is 24.8 Å². The van der Waals surface area contributed by atoms with Crippen molar-refractivity contribution in [1.29, 1.82) is 0 Å². The average Bonchev–Trinajstić information content (AvgIpc) is 3.39. The van der Waals surface area contributed by atoms with Crippen LogP contribution in [0.15, 0.2) is 18.2 Å². The van der Waals surface area contributed by atoms with Crippen LogP contribution in [0.2, 0.25) is 0 Å². The molecule has 7 amide bonds. The standard InChI is InChI=1S/C37H54N6O15/c1-18(2)27(42-25(45)10-6-5-7-14-43-26(46)15-19(3)34(43)52)33(51)41-23(9-8-13-39-37(38)55)32(50)40-22-12-11-21(17-56-20(4)44)16-24(22)57-36-30(49)28(47)29(48)31(58-36)35(53)54/h11-12,16,18-19,23,27-31,36,47-49H,5-10,13-15,17H2,1-4H3,(H,40,50)(H,41,51)(H,42,45)(H,53,54)(H3,38,39,55)/t19?,23-,27-,28+,29+,30-,31+,36?/m0/s1. The van der Waals surface area contributed by atoms with Gasteiger partial charge in [0, 0.05) is 38.8 Å². The molecule has 0 saturated carbocycles. The van der Waals surface area contributed by atoms with E-state index in [2.05, 4.69) is 21.3 Å². The van der Waals surface area contributed by atoms with Crippen molar-refractivity contribution in [3.05, 3.63) is 23.8 Å². The van der Waals surface area contributed by atoms with Gasteiger partial charge in [-0.3, -0.25) is 33.7 Å². The molecule has 0 spiro atoms. The van der Waals surface area contributed by atoms with Crippen LogP contribution in [0.1, 0.15) is 78.2 Å². The SMILES string of the molecule is CC(=O)OCc1ccc(NC(=O)[C@H](CCCNC(N)=O)NC(=O)[C@@H](NC(=O)CCCCCN2C(=O)CC(C)C2=O)C(C)C)c(OC2O[C@@H](C(=O)O)[C@H](O)[C@@H](O)[C@@H]2O)c1. The van der Waals surface area contributed by atoms with Crippen LogP contribution in [-0.4, -0.2) is 129 Å². The molecule has 1 aromatic rings. The number of esters is 1. The highest BCUT2D eigenvalue weighted by atomic mass is 16.7. The maximum absolute atomic E-state index is 13.9. The number of hydrogen-bond acceptors (Lipinski definition) is 14. The number of nitrogens with two attached hydrogens (primary N) is 1. The Morgan fingerprint density at radius 3 is 2.28 bits per heavy atom. The molecule has 2 aliphatic rings. The van der Waals surface area contributed by atoms with Gasteiger partial charge in [0.15, 0.2) is 6.10 Å². The third kappa shape index (κ3) is 13.6. The molecule has 21 heteroatoms. The fourth-order valence-electron chi connectivity index (χ4n) is 6.18. The minimum Gasteiger partial charge on any atom is -0.479 e. The Hall–Kier alpha value is -5.38. The average molecular weight is 823 g/mol. The number of rotatable bonds is 21. The largest absolute Gasteiger partial charge is 0.479 e. The second-order valence-electron chi connectivity index (χ2n) is 14.5. The molecule has 0 radical (unpaired) electrons. The molecule has 10 N–H and O–H groups in total. The number of nitrogens with zero attached hydrogens (tertiary/aromatic N) is 1. The van der Waals surface area contributed by atoms with E-state index >= 15 is 0 Å². The van der Waals surface area contributed by atoms with E-state index in [1.54, 1.807) is 20.8 Å². The molecule has 0 aromatic heterocycles. The highest BCUT2D eigenvalue weighted by Crippen LogP contribution is 2.31. The Bertz CT molecular complexity index is 1670. The molecule has 0 bridgehead atoms. The summed E-state index contributed by atoms with van der Waals surface area (Å²) in [6.45, 7) is 6.29. The number of urea groups is 1. The number of ether oxygens (including phenoxy) is 3. The zero-order chi connectivity index (χ0) is 43.3. The summed E-state index contributed by atoms with van der Waals surface area (Å²) < 4.78 is 16.0. The van der Waals surface area contributed by atoms with Crippen molar-refractivity contribution in [2.75, 3.05) is 18.4 Å². The normalized spacial score (nSPS) is 22.8. The lowest BCUT2D eigenvalue weighted by Crippen LogP contribution is -2.61. The topological polar surface area (TPSA) is 323 Å². The second kappa shape index (κ2) is 22.0. The van der Waals surface area contributed by atoms with E-state index in [4.69, 9.17) is 19.9 Å². The number of aliphatic hydroxyl groups is 3. The zero-order valence-electron chi connectivity index (χ0n) is 32.8. The number of imide groups is 1. The van der Waals surface area contributed by atoms with Crippen LogP contribution in [0, 0.1) is 11.8 Å². The third-order valence-electron chi connectivity index (χ3n) is 9.42. The van der Waals surface area contributed by atoms with E-state index in [1.807, 2.05) is 0 Å². The third-order valence-corrected chi connectivity index (χ3v) is 9.42. The minimum atomic E-state index is -2.01. The molecule has 2 saturated heterocycles. The first-order valence-corrected chi connectivity index (χ1v) is 18.9. The Morgan fingerprint density at radius 2 is 1.67 bits per heavy atom. The fourth-order valence-corrected chi connectivity index (χ4v) is 6.18. The first-order chi connectivity index (χ1) is 27.3. The van der Waals surface area contributed by atoms with Crippen molar-refractivity contribution < 1.29 is 73.0 Å². The number of carboxylic acid groups (broad SMARTS) is 1. The summed E-state index contributed by atoms with van der Waals surface area (Å²) in [5.74, 6) is -5.69. The Kier molecular flexibility index (Phi) is 17.8. The van der Waals surface area contributed by atoms with Crippen LogP contribution in [0.5, 0.6) is 5.75 Å². The molecule has 0 aliphatic carbocycles. The quantitative estimate of drug-likeness (QED) is 0.0408. The van der Waals surface area contributed by atoms with Crippen molar-refractivity contribution in [1.82, 2.24) is 20.9 Å². The number of amides is 7. The van der Waals surface area contributed by atoms with Crippen LogP contribution < -0.4 is 31.7 Å². The monoisotopic (exact) mass is 822 g/mol. The van der Waals surface area contributed by atoms with Gasteiger partial charge in [-0.2, -0.15) is 0 Å². The van der Waals surface area contributed by atoms with E-state index in [0.717, 1.165) is 0 Å². The lowest BCUT2D eigenvalue weighted by molar-refractivity contribution is -0.271. The number of hydrogen-bond donors (Lipinski definition) is 9. The highest BCUT2D eigenvalue weighted by molar-refractivity contribution is 6.03. The Labute approximate surface area is 334 Å². The number of carbonyl (C=O) groups is 8. The number of aliphatic carboxylic acids is 1. The van der Waals surface area contributed by atoms with Crippen LogP contribution >= 0.6 is 0 Å². The summed E-state index contributed by atoms with van der Waals surface area (Å²) in [6.07, 6.45) is -8.05. The molecule has 2 fully saturated rings. The summed E-state index contributed by atoms with van der Waals surface area (Å²) >= 11 is 0. The van der Waals surface area contributed by atoms with Gasteiger partial charge < -0.3 is 61.6 Å². The Morgan fingerprint density at radius 1 is 0.966 bits per heavy atom. The molecule has 3 rings (SSSR count). The molecular formula is C37H54N6O15. The molecule has 8 atom stereocenters. The summed E-state index contributed by atoms with van der Waals surface area (Å²) in [6, 6.07) is 0.864. The number of benzene rings is 1. The van der Waals surface area contributed by atoms with Gasteiger partial charge in [0.05, 0.1) is 5.69 Å². The smallest absolute Gasteiger partial charge is 0.335 e. The van der Waals surface area contributed by atoms with E-state index in [9.17, 15) is 58.8 Å². The second-order valence-corrected chi connectivity index (χ2v) is 14.5. The van der Waals surface area contributed by atoms with Crippen molar-refractivity contribution in [3.63, 3.8) is 0 Å². The van der Waals surface area contributed by atoms with Gasteiger partial charge in [0.2, 0.25) is 35.8 Å². The van der Waals surface area contributed by atoms with Crippen molar-refractivity contribution in [3.8, 4) is 5.75 Å². The number of carbonyl (C=O) groups excluding carboxylic acids is 7. The number of unbranched alkanes of at least 4 members (excludes halogenated alkanes) is 2. The Balaban J connectivity index is 1.75. The van der Waals surface area contributed by atoms with E-state index < -0.39 is 84.4 Å². The predicted molar refractivity (Wildman–Crippen MR) is 200 cm³/mol. The van der Waals surface area contributed by atoms with Gasteiger partial charge in [-0.1, -0.05) is 33.3 Å². The van der Waals surface area contributed by atoms with E-state index in [-0.39, 0.29) is 74.5 Å². The first kappa shape index (κ1) is 47.0. The number of carboxylic acids is 1. The van der Waals surface area contributed by atoms with E-state index in [1.165, 1.54) is 30.0 Å². The lowest BCUT2D eigenvalue weighted by atomic mass is 9.99. The first-order valence-electron chi connectivity index (χ1n) is 18.9. The number of nitrogens with one attached hydrogen (secondary N) is 4. The van der Waals surface area contributed by atoms with Gasteiger partial charge in [-0.15, -0.1) is 0 Å². The van der Waals surface area contributed by atoms with Crippen molar-refractivity contribution >= 4 is 53.2 Å². The molecule has 322 valence electrons. The number of aliphatic hydroxyl groups excluding tert-OH is 3. The molecule has 2 unspecified atom stereocenters. The van der Waals surface area contributed by atoms with Crippen LogP contribution in [0.4, 0.5) is 10.5 Å². The molecule has 21 nitrogen and oxygen atoms in total. The fraction of sp³-hybridized carbons (Fsp3) is 0.622. The summed E-state index contributed by atoms with van der Waals surface area (Å²) in [5, 5.41) is 50.8. The van der Waals surface area contributed by atoms with Gasteiger partial charge >= 0.3 is 18.0 Å². The van der Waals surface area contributed by atoms with Gasteiger partial charge in [-0.25, -0.2) is 9.59 Å². The number of primary amides is 1. The van der Waals surface area contributed by atoms with Gasteiger partial charge in [-0.05, 0) is 49.3 Å². The molecule has 2 heterocycles. The minimum absolute atomic E-state index is 0.0352. The molecule has 2 aliphatic heterocycles. The maximum Gasteiger partial charge on any atom is 0.335 e. The maximum atomic E-state index is 13.9. The van der Waals surface area contributed by atoms with Gasteiger partial charge in [0.1, 0.15) is 42.8 Å². The molecule has 1 aromatic carbocycles. The number of anilines is 1. The molecule has 58 heavy (non-hydrogen) atoms. The summed E-state index contributed by atoms with van der Waals surface area (Å²) in [7, 11) is 0. The van der Waals surface area contributed by atoms with Crippen molar-refractivity contribution in [2.45, 2.75) is 122 Å². The summed E-state index contributed by atoms with van der Waals surface area (Å²) in [4.78, 5) is 100. The van der Waals surface area contributed by atoms with Gasteiger partial charge in [0.25, 0.3) is 0 Å².